The second-order valence-electron chi connectivity index (χ2n) is 9.54. The molecule has 190 valence electrons. The van der Waals surface area contributed by atoms with Gasteiger partial charge >= 0.3 is 11.9 Å². The van der Waals surface area contributed by atoms with Crippen LogP contribution in [-0.4, -0.2) is 23.7 Å². The van der Waals surface area contributed by atoms with Gasteiger partial charge in [0.05, 0.1) is 6.61 Å². The number of rotatable bonds is 26. The van der Waals surface area contributed by atoms with Crippen LogP contribution in [0.3, 0.4) is 0 Å². The minimum atomic E-state index is -0.670. The molecule has 0 aromatic rings. The van der Waals surface area contributed by atoms with Gasteiger partial charge in [0.25, 0.3) is 0 Å². The Morgan fingerprint density at radius 2 is 0.844 bits per heavy atom. The number of carboxylic acid groups (broad SMARTS) is 1. The minimum Gasteiger partial charge on any atom is -0.481 e. The van der Waals surface area contributed by atoms with E-state index >= 15 is 0 Å². The fraction of sp³-hybridized carbons (Fsp3) is 0.929. The Hall–Kier alpha value is -1.06. The maximum absolute atomic E-state index is 11.8. The zero-order valence-electron chi connectivity index (χ0n) is 21.3. The van der Waals surface area contributed by atoms with E-state index in [1.165, 1.54) is 109 Å². The van der Waals surface area contributed by atoms with Gasteiger partial charge in [-0.1, -0.05) is 129 Å². The molecule has 0 aliphatic carbocycles. The minimum absolute atomic E-state index is 0.00479. The van der Waals surface area contributed by atoms with Crippen molar-refractivity contribution in [1.82, 2.24) is 0 Å². The van der Waals surface area contributed by atoms with Gasteiger partial charge in [-0.05, 0) is 19.3 Å². The first kappa shape index (κ1) is 30.9. The number of ether oxygens (including phenoxy) is 1. The molecule has 0 spiro atoms. The molecule has 0 saturated heterocycles. The Labute approximate surface area is 199 Å². The molecule has 0 aliphatic rings. The van der Waals surface area contributed by atoms with Crippen molar-refractivity contribution in [1.29, 1.82) is 0 Å². The maximum atomic E-state index is 11.8. The highest BCUT2D eigenvalue weighted by Crippen LogP contribution is 2.14. The fourth-order valence-corrected chi connectivity index (χ4v) is 4.16. The summed E-state index contributed by atoms with van der Waals surface area (Å²) in [6.07, 6.45) is 28.0. The van der Waals surface area contributed by atoms with E-state index < -0.39 is 5.97 Å². The van der Waals surface area contributed by atoms with Crippen molar-refractivity contribution in [3.63, 3.8) is 0 Å². The number of unbranched alkanes of at least 4 members (excludes halogenated alkanes) is 20. The molecule has 0 radical (unpaired) electrons. The van der Waals surface area contributed by atoms with Crippen LogP contribution in [0.15, 0.2) is 0 Å². The average Bonchev–Trinajstić information content (AvgIpc) is 2.77. The number of carbonyl (C=O) groups is 2. The van der Waals surface area contributed by atoms with Gasteiger partial charge in [-0.2, -0.15) is 0 Å². The van der Waals surface area contributed by atoms with Gasteiger partial charge in [0.2, 0.25) is 0 Å². The first-order valence-corrected chi connectivity index (χ1v) is 14.0. The highest BCUT2D eigenvalue weighted by Gasteiger charge is 2.02. The first-order chi connectivity index (χ1) is 15.7. The molecule has 0 aromatic carbocycles. The number of carboxylic acids is 1. The quantitative estimate of drug-likeness (QED) is 0.105. The fourth-order valence-electron chi connectivity index (χ4n) is 4.16. The molecular weight excluding hydrogens is 400 g/mol. The van der Waals surface area contributed by atoms with Crippen molar-refractivity contribution in [2.24, 2.45) is 0 Å². The summed E-state index contributed by atoms with van der Waals surface area (Å²) >= 11 is 0. The second kappa shape index (κ2) is 26.2. The molecule has 32 heavy (non-hydrogen) atoms. The van der Waals surface area contributed by atoms with E-state index in [2.05, 4.69) is 6.92 Å². The summed E-state index contributed by atoms with van der Waals surface area (Å²) in [6.45, 7) is 2.86. The Kier molecular flexibility index (Phi) is 25.3. The Bertz CT molecular complexity index is 408. The van der Waals surface area contributed by atoms with Gasteiger partial charge in [-0.25, -0.2) is 0 Å². The maximum Gasteiger partial charge on any atom is 0.305 e. The van der Waals surface area contributed by atoms with Crippen LogP contribution in [-0.2, 0) is 14.3 Å². The summed E-state index contributed by atoms with van der Waals surface area (Å²) < 4.78 is 5.35. The van der Waals surface area contributed by atoms with Crippen molar-refractivity contribution in [3.8, 4) is 0 Å². The van der Waals surface area contributed by atoms with Crippen molar-refractivity contribution in [2.75, 3.05) is 6.61 Å². The molecule has 0 aliphatic heterocycles. The van der Waals surface area contributed by atoms with Gasteiger partial charge in [-0.15, -0.1) is 0 Å². The lowest BCUT2D eigenvalue weighted by molar-refractivity contribution is -0.144. The van der Waals surface area contributed by atoms with Crippen LogP contribution in [0.4, 0.5) is 0 Å². The number of hydrogen-bond donors (Lipinski definition) is 1. The molecule has 0 bridgehead atoms. The number of carbonyl (C=O) groups excluding carboxylic acids is 1. The number of esters is 1. The monoisotopic (exact) mass is 454 g/mol. The third-order valence-electron chi connectivity index (χ3n) is 6.28. The smallest absolute Gasteiger partial charge is 0.305 e. The van der Waals surface area contributed by atoms with Gasteiger partial charge in [0.15, 0.2) is 0 Å². The lowest BCUT2D eigenvalue weighted by atomic mass is 10.0. The standard InChI is InChI=1S/C28H54O4/c1-2-3-4-5-6-17-20-23-26-32-28(31)25-22-19-16-14-12-10-8-7-9-11-13-15-18-21-24-27(29)30/h2-26H2,1H3,(H,29,30). The van der Waals surface area contributed by atoms with Crippen molar-refractivity contribution < 1.29 is 19.4 Å². The Morgan fingerprint density at radius 1 is 0.500 bits per heavy atom. The molecule has 0 fully saturated rings. The molecule has 4 heteroatoms. The molecule has 0 unspecified atom stereocenters. The Balaban J connectivity index is 3.14. The molecule has 0 saturated carbocycles. The van der Waals surface area contributed by atoms with Crippen LogP contribution in [0, 0.1) is 0 Å². The largest absolute Gasteiger partial charge is 0.481 e. The first-order valence-electron chi connectivity index (χ1n) is 14.0. The summed E-state index contributed by atoms with van der Waals surface area (Å²) in [6, 6.07) is 0. The van der Waals surface area contributed by atoms with E-state index in [1.54, 1.807) is 0 Å². The zero-order valence-corrected chi connectivity index (χ0v) is 21.3. The second-order valence-corrected chi connectivity index (χ2v) is 9.54. The normalized spacial score (nSPS) is 11.0. The van der Waals surface area contributed by atoms with Crippen LogP contribution in [0.25, 0.3) is 0 Å². The van der Waals surface area contributed by atoms with Gasteiger partial charge in [-0.3, -0.25) is 9.59 Å². The molecule has 0 aromatic heterocycles. The predicted molar refractivity (Wildman–Crippen MR) is 135 cm³/mol. The van der Waals surface area contributed by atoms with Crippen molar-refractivity contribution in [3.05, 3.63) is 0 Å². The van der Waals surface area contributed by atoms with Crippen LogP contribution >= 0.6 is 0 Å². The van der Waals surface area contributed by atoms with Crippen LogP contribution in [0.1, 0.15) is 161 Å². The van der Waals surface area contributed by atoms with E-state index in [-0.39, 0.29) is 5.97 Å². The Morgan fingerprint density at radius 3 is 1.25 bits per heavy atom. The highest BCUT2D eigenvalue weighted by atomic mass is 16.5. The van der Waals surface area contributed by atoms with Crippen molar-refractivity contribution >= 4 is 11.9 Å². The topological polar surface area (TPSA) is 63.6 Å². The van der Waals surface area contributed by atoms with Gasteiger partial charge < -0.3 is 9.84 Å². The molecule has 0 atom stereocenters. The number of aliphatic carboxylic acids is 1. The average molecular weight is 455 g/mol. The lowest BCUT2D eigenvalue weighted by Crippen LogP contribution is -2.05. The summed E-state index contributed by atoms with van der Waals surface area (Å²) in [4.78, 5) is 22.2. The molecule has 1 N–H and O–H groups in total. The summed E-state index contributed by atoms with van der Waals surface area (Å²) in [5.74, 6) is -0.674. The third kappa shape index (κ3) is 27.0. The van der Waals surface area contributed by atoms with E-state index in [1.807, 2.05) is 0 Å². The van der Waals surface area contributed by atoms with Crippen LogP contribution in [0.5, 0.6) is 0 Å². The van der Waals surface area contributed by atoms with E-state index in [0.717, 1.165) is 32.1 Å². The molecular formula is C28H54O4. The van der Waals surface area contributed by atoms with E-state index in [9.17, 15) is 9.59 Å². The third-order valence-corrected chi connectivity index (χ3v) is 6.28. The van der Waals surface area contributed by atoms with E-state index in [0.29, 0.717) is 19.4 Å². The van der Waals surface area contributed by atoms with E-state index in [4.69, 9.17) is 9.84 Å². The summed E-state index contributed by atoms with van der Waals surface area (Å²) in [5.41, 5.74) is 0. The van der Waals surface area contributed by atoms with Gasteiger partial charge in [0.1, 0.15) is 0 Å². The zero-order chi connectivity index (χ0) is 23.5. The highest BCUT2D eigenvalue weighted by molar-refractivity contribution is 5.69. The summed E-state index contributed by atoms with van der Waals surface area (Å²) in [7, 11) is 0. The van der Waals surface area contributed by atoms with Gasteiger partial charge in [0, 0.05) is 12.8 Å². The molecule has 4 nitrogen and oxygen atoms in total. The summed E-state index contributed by atoms with van der Waals surface area (Å²) in [5, 5.41) is 8.59. The lowest BCUT2D eigenvalue weighted by Gasteiger charge is -2.05. The van der Waals surface area contributed by atoms with Crippen LogP contribution < -0.4 is 0 Å². The SMILES string of the molecule is CCCCCCCCCCOC(=O)CCCCCCCCCCCCCCCCC(=O)O. The molecule has 0 heterocycles. The van der Waals surface area contributed by atoms with Crippen LogP contribution in [0.2, 0.25) is 0 Å². The van der Waals surface area contributed by atoms with Crippen molar-refractivity contribution in [2.45, 2.75) is 161 Å². The molecule has 0 rings (SSSR count). The predicted octanol–water partition coefficient (Wildman–Crippen LogP) is 9.00. The number of hydrogen-bond acceptors (Lipinski definition) is 3. The molecule has 0 amide bonds.